The highest BCUT2D eigenvalue weighted by Crippen LogP contribution is 2.34. The Morgan fingerprint density at radius 1 is 0.889 bits per heavy atom. The Morgan fingerprint density at radius 2 is 1.44 bits per heavy atom. The lowest BCUT2D eigenvalue weighted by Crippen LogP contribution is -2.36. The van der Waals surface area contributed by atoms with Crippen molar-refractivity contribution in [3.05, 3.63) is 0 Å². The SMILES string of the molecule is CCCCCCCCCCC1(CN)CCOCC1. The average Bonchev–Trinajstić information content (AvgIpc) is 2.43. The molecule has 1 saturated heterocycles. The van der Waals surface area contributed by atoms with Crippen LogP contribution in [0.2, 0.25) is 0 Å². The lowest BCUT2D eigenvalue weighted by atomic mass is 9.76. The van der Waals surface area contributed by atoms with E-state index in [0.29, 0.717) is 5.41 Å². The molecule has 1 fully saturated rings. The predicted molar refractivity (Wildman–Crippen MR) is 78.8 cm³/mol. The van der Waals surface area contributed by atoms with Gasteiger partial charge in [-0.05, 0) is 31.2 Å². The topological polar surface area (TPSA) is 35.2 Å². The number of hydrogen-bond acceptors (Lipinski definition) is 2. The normalized spacial score (nSPS) is 19.0. The van der Waals surface area contributed by atoms with Gasteiger partial charge >= 0.3 is 0 Å². The number of rotatable bonds is 10. The van der Waals surface area contributed by atoms with Crippen LogP contribution in [-0.4, -0.2) is 19.8 Å². The van der Waals surface area contributed by atoms with E-state index in [9.17, 15) is 0 Å². The maximum atomic E-state index is 5.98. The summed E-state index contributed by atoms with van der Waals surface area (Å²) in [5, 5.41) is 0. The zero-order valence-electron chi connectivity index (χ0n) is 12.4. The van der Waals surface area contributed by atoms with Crippen LogP contribution in [0.15, 0.2) is 0 Å². The molecule has 0 unspecified atom stereocenters. The quantitative estimate of drug-likeness (QED) is 0.592. The lowest BCUT2D eigenvalue weighted by Gasteiger charge is -2.36. The third-order valence-electron chi connectivity index (χ3n) is 4.55. The minimum atomic E-state index is 0.417. The molecule has 1 aliphatic rings. The number of hydrogen-bond donors (Lipinski definition) is 1. The van der Waals surface area contributed by atoms with Crippen molar-refractivity contribution >= 4 is 0 Å². The molecule has 1 aliphatic heterocycles. The van der Waals surface area contributed by atoms with Crippen molar-refractivity contribution in [1.29, 1.82) is 0 Å². The van der Waals surface area contributed by atoms with Gasteiger partial charge in [0.05, 0.1) is 0 Å². The summed E-state index contributed by atoms with van der Waals surface area (Å²) in [4.78, 5) is 0. The molecule has 2 N–H and O–H groups in total. The smallest absolute Gasteiger partial charge is 0.0471 e. The molecule has 108 valence electrons. The fourth-order valence-corrected chi connectivity index (χ4v) is 2.99. The molecule has 0 atom stereocenters. The Bertz CT molecular complexity index is 188. The Kier molecular flexibility index (Phi) is 8.70. The highest BCUT2D eigenvalue weighted by atomic mass is 16.5. The van der Waals surface area contributed by atoms with E-state index in [0.717, 1.165) is 19.8 Å². The number of unbranched alkanes of at least 4 members (excludes halogenated alkanes) is 7. The van der Waals surface area contributed by atoms with Gasteiger partial charge < -0.3 is 10.5 Å². The summed E-state index contributed by atoms with van der Waals surface area (Å²) >= 11 is 0. The van der Waals surface area contributed by atoms with Crippen LogP contribution in [0.4, 0.5) is 0 Å². The first-order valence-corrected chi connectivity index (χ1v) is 8.11. The van der Waals surface area contributed by atoms with Gasteiger partial charge in [-0.1, -0.05) is 58.3 Å². The van der Waals surface area contributed by atoms with Gasteiger partial charge in [-0.2, -0.15) is 0 Å². The van der Waals surface area contributed by atoms with Gasteiger partial charge in [-0.15, -0.1) is 0 Å². The predicted octanol–water partition coefficient (Wildman–Crippen LogP) is 4.27. The van der Waals surface area contributed by atoms with E-state index in [-0.39, 0.29) is 0 Å². The number of ether oxygens (including phenoxy) is 1. The third kappa shape index (κ3) is 6.19. The van der Waals surface area contributed by atoms with Crippen LogP contribution in [0.3, 0.4) is 0 Å². The minimum absolute atomic E-state index is 0.417. The maximum Gasteiger partial charge on any atom is 0.0471 e. The minimum Gasteiger partial charge on any atom is -0.381 e. The Morgan fingerprint density at radius 3 is 2.00 bits per heavy atom. The van der Waals surface area contributed by atoms with E-state index >= 15 is 0 Å². The van der Waals surface area contributed by atoms with Crippen molar-refractivity contribution in [3.63, 3.8) is 0 Å². The zero-order valence-corrected chi connectivity index (χ0v) is 12.4. The van der Waals surface area contributed by atoms with Gasteiger partial charge in [-0.3, -0.25) is 0 Å². The Labute approximate surface area is 114 Å². The largest absolute Gasteiger partial charge is 0.381 e. The van der Waals surface area contributed by atoms with E-state index in [2.05, 4.69) is 6.92 Å². The van der Waals surface area contributed by atoms with Crippen LogP contribution in [0.5, 0.6) is 0 Å². The summed E-state index contributed by atoms with van der Waals surface area (Å²) in [6.07, 6.45) is 14.9. The Hall–Kier alpha value is -0.0800. The second kappa shape index (κ2) is 9.80. The van der Waals surface area contributed by atoms with Crippen molar-refractivity contribution in [1.82, 2.24) is 0 Å². The first-order chi connectivity index (χ1) is 8.83. The van der Waals surface area contributed by atoms with Crippen LogP contribution < -0.4 is 5.73 Å². The molecule has 0 aliphatic carbocycles. The van der Waals surface area contributed by atoms with Crippen LogP contribution >= 0.6 is 0 Å². The monoisotopic (exact) mass is 255 g/mol. The van der Waals surface area contributed by atoms with Gasteiger partial charge in [-0.25, -0.2) is 0 Å². The van der Waals surface area contributed by atoms with Crippen LogP contribution in [0.25, 0.3) is 0 Å². The van der Waals surface area contributed by atoms with Crippen molar-refractivity contribution in [3.8, 4) is 0 Å². The molecule has 2 heteroatoms. The van der Waals surface area contributed by atoms with Gasteiger partial charge in [0.1, 0.15) is 0 Å². The number of nitrogens with two attached hydrogens (primary N) is 1. The Balaban J connectivity index is 1.98. The van der Waals surface area contributed by atoms with Crippen LogP contribution in [0.1, 0.15) is 77.6 Å². The van der Waals surface area contributed by atoms with Crippen molar-refractivity contribution < 1.29 is 4.74 Å². The van der Waals surface area contributed by atoms with Crippen LogP contribution in [-0.2, 0) is 4.74 Å². The highest BCUT2D eigenvalue weighted by Gasteiger charge is 2.30. The standard InChI is InChI=1S/C16H33NO/c1-2-3-4-5-6-7-8-9-10-16(15-17)11-13-18-14-12-16/h2-15,17H2,1H3. The second-order valence-corrected chi connectivity index (χ2v) is 6.04. The average molecular weight is 255 g/mol. The van der Waals surface area contributed by atoms with E-state index in [1.54, 1.807) is 0 Å². The van der Waals surface area contributed by atoms with E-state index < -0.39 is 0 Å². The summed E-state index contributed by atoms with van der Waals surface area (Å²) in [5.41, 5.74) is 6.40. The molecule has 1 rings (SSSR count). The van der Waals surface area contributed by atoms with E-state index in [1.807, 2.05) is 0 Å². The molecular formula is C16H33NO. The molecule has 0 radical (unpaired) electrons. The fraction of sp³-hybridized carbons (Fsp3) is 1.00. The van der Waals surface area contributed by atoms with Gasteiger partial charge in [0.15, 0.2) is 0 Å². The zero-order chi connectivity index (χ0) is 13.1. The second-order valence-electron chi connectivity index (χ2n) is 6.04. The fourth-order valence-electron chi connectivity index (χ4n) is 2.99. The highest BCUT2D eigenvalue weighted by molar-refractivity contribution is 4.82. The van der Waals surface area contributed by atoms with Gasteiger partial charge in [0, 0.05) is 13.2 Å². The first-order valence-electron chi connectivity index (χ1n) is 8.11. The van der Waals surface area contributed by atoms with Crippen molar-refractivity contribution in [2.24, 2.45) is 11.1 Å². The van der Waals surface area contributed by atoms with E-state index in [4.69, 9.17) is 10.5 Å². The molecule has 2 nitrogen and oxygen atoms in total. The van der Waals surface area contributed by atoms with Crippen LogP contribution in [0, 0.1) is 5.41 Å². The molecule has 0 amide bonds. The molecule has 0 aromatic heterocycles. The van der Waals surface area contributed by atoms with Gasteiger partial charge in [0.2, 0.25) is 0 Å². The summed E-state index contributed by atoms with van der Waals surface area (Å²) in [6, 6.07) is 0. The molecular weight excluding hydrogens is 222 g/mol. The molecule has 0 aromatic carbocycles. The summed E-state index contributed by atoms with van der Waals surface area (Å²) in [6.45, 7) is 4.98. The summed E-state index contributed by atoms with van der Waals surface area (Å²) in [5.74, 6) is 0. The molecule has 0 bridgehead atoms. The molecule has 18 heavy (non-hydrogen) atoms. The maximum absolute atomic E-state index is 5.98. The summed E-state index contributed by atoms with van der Waals surface area (Å²) < 4.78 is 5.45. The van der Waals surface area contributed by atoms with Gasteiger partial charge in [0.25, 0.3) is 0 Å². The molecule has 0 aromatic rings. The first kappa shape index (κ1) is 16.0. The van der Waals surface area contributed by atoms with E-state index in [1.165, 1.54) is 70.6 Å². The third-order valence-corrected chi connectivity index (χ3v) is 4.55. The molecule has 0 saturated carbocycles. The molecule has 0 spiro atoms. The lowest BCUT2D eigenvalue weighted by molar-refractivity contribution is 0.0134. The molecule has 1 heterocycles. The van der Waals surface area contributed by atoms with Crippen molar-refractivity contribution in [2.45, 2.75) is 77.6 Å². The summed E-state index contributed by atoms with van der Waals surface area (Å²) in [7, 11) is 0. The van der Waals surface area contributed by atoms with Crippen molar-refractivity contribution in [2.75, 3.05) is 19.8 Å².